The molecule has 2 aliphatic rings. The Hall–Kier alpha value is -2.63. The molecule has 0 saturated carbocycles. The Balaban J connectivity index is 1.65. The van der Waals surface area contributed by atoms with Crippen molar-refractivity contribution in [3.05, 3.63) is 47.8 Å². The highest BCUT2D eigenvalue weighted by Crippen LogP contribution is 2.30. The Bertz CT molecular complexity index is 753. The number of amides is 1. The third kappa shape index (κ3) is 1.83. The average molecular weight is 297 g/mol. The molecule has 2 saturated heterocycles. The zero-order valence-corrected chi connectivity index (χ0v) is 12.1. The lowest BCUT2D eigenvalue weighted by Gasteiger charge is -2.25. The molecule has 2 aliphatic heterocycles. The molecule has 0 N–H and O–H groups in total. The van der Waals surface area contributed by atoms with Gasteiger partial charge in [0.2, 0.25) is 0 Å². The summed E-state index contributed by atoms with van der Waals surface area (Å²) in [6.07, 6.45) is 2.03. The van der Waals surface area contributed by atoms with Crippen molar-refractivity contribution >= 4 is 11.9 Å². The van der Waals surface area contributed by atoms with Gasteiger partial charge in [-0.25, -0.2) is 9.48 Å². The summed E-state index contributed by atoms with van der Waals surface area (Å²) >= 11 is 0. The van der Waals surface area contributed by atoms with Gasteiger partial charge in [-0.15, -0.1) is 0 Å². The minimum atomic E-state index is -0.433. The van der Waals surface area contributed by atoms with Crippen LogP contribution in [0.15, 0.2) is 36.5 Å². The normalized spacial score (nSPS) is 23.0. The number of para-hydroxylation sites is 1. The highest BCUT2D eigenvalue weighted by atomic mass is 16.6. The van der Waals surface area contributed by atoms with Crippen molar-refractivity contribution < 1.29 is 14.3 Å². The van der Waals surface area contributed by atoms with Gasteiger partial charge in [-0.1, -0.05) is 18.2 Å². The van der Waals surface area contributed by atoms with Gasteiger partial charge in [0.1, 0.15) is 12.1 Å². The Morgan fingerprint density at radius 2 is 2.09 bits per heavy atom. The largest absolute Gasteiger partial charge is 0.459 e. The summed E-state index contributed by atoms with van der Waals surface area (Å²) in [5, 5.41) is 4.31. The lowest BCUT2D eigenvalue weighted by Crippen LogP contribution is -2.44. The van der Waals surface area contributed by atoms with Crippen LogP contribution in [0.1, 0.15) is 22.5 Å². The molecule has 0 radical (unpaired) electrons. The van der Waals surface area contributed by atoms with E-state index >= 15 is 0 Å². The molecule has 1 aromatic carbocycles. The third-order valence-electron chi connectivity index (χ3n) is 4.32. The first-order valence-electron chi connectivity index (χ1n) is 7.26. The van der Waals surface area contributed by atoms with Crippen LogP contribution in [-0.2, 0) is 9.53 Å². The predicted octanol–water partition coefficient (Wildman–Crippen LogP) is 1.32. The SMILES string of the molecule is Cc1c(C(=O)N2C[C@H]3C[C@H]2C(=O)O3)cnn1-c1ccccc1. The molecule has 0 aliphatic carbocycles. The average Bonchev–Trinajstić information content (AvgIpc) is 3.21. The molecule has 1 aromatic heterocycles. The van der Waals surface area contributed by atoms with Gasteiger partial charge in [-0.2, -0.15) is 5.10 Å². The monoisotopic (exact) mass is 297 g/mol. The molecule has 6 heteroatoms. The molecule has 2 fully saturated rings. The van der Waals surface area contributed by atoms with Gasteiger partial charge in [0.25, 0.3) is 5.91 Å². The van der Waals surface area contributed by atoms with Gasteiger partial charge >= 0.3 is 5.97 Å². The van der Waals surface area contributed by atoms with Crippen molar-refractivity contribution in [1.82, 2.24) is 14.7 Å². The molecule has 22 heavy (non-hydrogen) atoms. The molecule has 3 heterocycles. The minimum Gasteiger partial charge on any atom is -0.459 e. The number of rotatable bonds is 2. The summed E-state index contributed by atoms with van der Waals surface area (Å²) < 4.78 is 6.86. The number of esters is 1. The zero-order chi connectivity index (χ0) is 15.3. The van der Waals surface area contributed by atoms with E-state index in [1.54, 1.807) is 15.8 Å². The fourth-order valence-corrected chi connectivity index (χ4v) is 3.18. The van der Waals surface area contributed by atoms with E-state index < -0.39 is 6.04 Å². The number of hydrogen-bond acceptors (Lipinski definition) is 4. The number of morpholine rings is 1. The van der Waals surface area contributed by atoms with Crippen molar-refractivity contribution in [3.8, 4) is 5.69 Å². The first-order chi connectivity index (χ1) is 10.6. The van der Waals surface area contributed by atoms with E-state index in [-0.39, 0.29) is 18.0 Å². The second-order valence-electron chi connectivity index (χ2n) is 5.66. The van der Waals surface area contributed by atoms with Crippen molar-refractivity contribution in [2.75, 3.05) is 6.54 Å². The van der Waals surface area contributed by atoms with Crippen LogP contribution in [0.4, 0.5) is 0 Å². The summed E-state index contributed by atoms with van der Waals surface area (Å²) in [5.74, 6) is -0.443. The quantitative estimate of drug-likeness (QED) is 0.784. The highest BCUT2D eigenvalue weighted by molar-refractivity contribution is 5.98. The molecule has 2 bridgehead atoms. The van der Waals surface area contributed by atoms with Crippen LogP contribution >= 0.6 is 0 Å². The summed E-state index contributed by atoms with van der Waals surface area (Å²) in [7, 11) is 0. The Labute approximate surface area is 127 Å². The van der Waals surface area contributed by atoms with E-state index in [0.717, 1.165) is 11.4 Å². The summed E-state index contributed by atoms with van der Waals surface area (Å²) in [5.41, 5.74) is 2.21. The van der Waals surface area contributed by atoms with Gasteiger partial charge < -0.3 is 9.64 Å². The first-order valence-corrected chi connectivity index (χ1v) is 7.26. The van der Waals surface area contributed by atoms with Gasteiger partial charge in [0.15, 0.2) is 0 Å². The second-order valence-corrected chi connectivity index (χ2v) is 5.66. The van der Waals surface area contributed by atoms with Crippen molar-refractivity contribution in [2.45, 2.75) is 25.5 Å². The lowest BCUT2D eigenvalue weighted by atomic mass is 10.2. The number of benzene rings is 1. The van der Waals surface area contributed by atoms with Gasteiger partial charge in [0.05, 0.1) is 29.7 Å². The van der Waals surface area contributed by atoms with Crippen LogP contribution in [0.2, 0.25) is 0 Å². The maximum absolute atomic E-state index is 12.7. The molecule has 4 rings (SSSR count). The van der Waals surface area contributed by atoms with E-state index in [0.29, 0.717) is 18.5 Å². The van der Waals surface area contributed by atoms with Crippen LogP contribution in [0.25, 0.3) is 5.69 Å². The molecule has 0 unspecified atom stereocenters. The minimum absolute atomic E-state index is 0.147. The molecule has 2 atom stereocenters. The number of nitrogens with zero attached hydrogens (tertiary/aromatic N) is 3. The highest BCUT2D eigenvalue weighted by Gasteiger charge is 2.48. The van der Waals surface area contributed by atoms with Gasteiger partial charge in [0, 0.05) is 6.42 Å². The Morgan fingerprint density at radius 1 is 1.32 bits per heavy atom. The predicted molar refractivity (Wildman–Crippen MR) is 77.6 cm³/mol. The topological polar surface area (TPSA) is 64.4 Å². The van der Waals surface area contributed by atoms with Crippen LogP contribution in [0.3, 0.4) is 0 Å². The van der Waals surface area contributed by atoms with Gasteiger partial charge in [-0.3, -0.25) is 4.79 Å². The molecule has 112 valence electrons. The van der Waals surface area contributed by atoms with Crippen LogP contribution in [0, 0.1) is 6.92 Å². The van der Waals surface area contributed by atoms with Gasteiger partial charge in [-0.05, 0) is 19.1 Å². The molecular weight excluding hydrogens is 282 g/mol. The number of hydrogen-bond donors (Lipinski definition) is 0. The summed E-state index contributed by atoms with van der Waals surface area (Å²) in [4.78, 5) is 26.0. The summed E-state index contributed by atoms with van der Waals surface area (Å²) in [6, 6.07) is 9.21. The smallest absolute Gasteiger partial charge is 0.329 e. The molecule has 6 nitrogen and oxygen atoms in total. The lowest BCUT2D eigenvalue weighted by molar-refractivity contribution is -0.149. The maximum Gasteiger partial charge on any atom is 0.329 e. The van der Waals surface area contributed by atoms with E-state index in [9.17, 15) is 9.59 Å². The number of carbonyl (C=O) groups is 2. The molecule has 0 spiro atoms. The number of aromatic nitrogens is 2. The van der Waals surface area contributed by atoms with Crippen LogP contribution < -0.4 is 0 Å². The first kappa shape index (κ1) is 13.1. The number of fused-ring (bicyclic) bond motifs is 2. The van der Waals surface area contributed by atoms with E-state index in [2.05, 4.69) is 5.10 Å². The Morgan fingerprint density at radius 3 is 2.77 bits per heavy atom. The fourth-order valence-electron chi connectivity index (χ4n) is 3.18. The van der Waals surface area contributed by atoms with Crippen molar-refractivity contribution in [1.29, 1.82) is 0 Å². The number of ether oxygens (including phenoxy) is 1. The van der Waals surface area contributed by atoms with Crippen molar-refractivity contribution in [2.24, 2.45) is 0 Å². The van der Waals surface area contributed by atoms with Crippen LogP contribution in [0.5, 0.6) is 0 Å². The van der Waals surface area contributed by atoms with E-state index in [4.69, 9.17) is 4.74 Å². The molecule has 2 aromatic rings. The zero-order valence-electron chi connectivity index (χ0n) is 12.1. The van der Waals surface area contributed by atoms with Crippen molar-refractivity contribution in [3.63, 3.8) is 0 Å². The third-order valence-corrected chi connectivity index (χ3v) is 4.32. The molecular formula is C16H15N3O3. The Kier molecular flexibility index (Phi) is 2.79. The number of carbonyl (C=O) groups excluding carboxylic acids is 2. The van der Waals surface area contributed by atoms with Crippen LogP contribution in [-0.4, -0.2) is 45.2 Å². The standard InChI is InChI=1S/C16H15N3O3/c1-10-13(8-17-19(10)11-5-3-2-4-6-11)15(20)18-9-12-7-14(18)16(21)22-12/h2-6,8,12,14H,7,9H2,1H3/t12-,14+/m1/s1. The summed E-state index contributed by atoms with van der Waals surface area (Å²) in [6.45, 7) is 2.34. The second kappa shape index (κ2) is 4.69. The van der Waals surface area contributed by atoms with E-state index in [1.807, 2.05) is 37.3 Å². The fraction of sp³-hybridized carbons (Fsp3) is 0.312. The van der Waals surface area contributed by atoms with E-state index in [1.165, 1.54) is 0 Å². The molecule has 1 amide bonds. The maximum atomic E-state index is 12.7. The number of likely N-dealkylation sites (tertiary alicyclic amines) is 1.